The van der Waals surface area contributed by atoms with Gasteiger partial charge < -0.3 is 15.4 Å². The van der Waals surface area contributed by atoms with E-state index in [4.69, 9.17) is 15.5 Å². The molecule has 2 aromatic rings. The first-order valence-electron chi connectivity index (χ1n) is 8.26. The topological polar surface area (TPSA) is 89.5 Å². The van der Waals surface area contributed by atoms with E-state index in [0.717, 1.165) is 11.4 Å². The summed E-state index contributed by atoms with van der Waals surface area (Å²) in [7, 11) is 1.40. The third-order valence-electron chi connectivity index (χ3n) is 4.85. The molecule has 2 aliphatic heterocycles. The lowest BCUT2D eigenvalue weighted by atomic mass is 9.85. The van der Waals surface area contributed by atoms with Gasteiger partial charge in [0.1, 0.15) is 5.54 Å². The summed E-state index contributed by atoms with van der Waals surface area (Å²) >= 11 is 1.55. The Morgan fingerprint density at radius 1 is 1.38 bits per heavy atom. The van der Waals surface area contributed by atoms with E-state index in [1.54, 1.807) is 24.9 Å². The van der Waals surface area contributed by atoms with Crippen molar-refractivity contribution < 1.29 is 9.13 Å². The van der Waals surface area contributed by atoms with Crippen molar-refractivity contribution in [1.82, 2.24) is 15.0 Å². The van der Waals surface area contributed by atoms with Crippen LogP contribution in [-0.2, 0) is 5.54 Å². The minimum Gasteiger partial charge on any atom is -0.479 e. The van der Waals surface area contributed by atoms with Crippen molar-refractivity contribution in [2.24, 2.45) is 16.6 Å². The van der Waals surface area contributed by atoms with Crippen LogP contribution in [0.2, 0.25) is 0 Å². The van der Waals surface area contributed by atoms with E-state index in [-0.39, 0.29) is 17.5 Å². The van der Waals surface area contributed by atoms with Gasteiger partial charge in [-0.1, -0.05) is 17.8 Å². The second-order valence-electron chi connectivity index (χ2n) is 6.41. The maximum Gasteiger partial charge on any atom is 0.255 e. The first-order valence-corrected chi connectivity index (χ1v) is 9.25. The van der Waals surface area contributed by atoms with Gasteiger partial charge in [0, 0.05) is 24.4 Å². The molecule has 136 valence electrons. The van der Waals surface area contributed by atoms with Crippen molar-refractivity contribution in [2.45, 2.75) is 12.5 Å². The number of halogens is 1. The molecule has 9 heteroatoms. The van der Waals surface area contributed by atoms with Crippen LogP contribution in [0.1, 0.15) is 11.4 Å². The van der Waals surface area contributed by atoms with Crippen molar-refractivity contribution in [2.75, 3.05) is 30.9 Å². The fourth-order valence-electron chi connectivity index (χ4n) is 3.55. The second kappa shape index (κ2) is 6.39. The molecular formula is C17H19FN6OS. The molecule has 0 saturated carbocycles. The summed E-state index contributed by atoms with van der Waals surface area (Å²) in [5.41, 5.74) is 6.64. The van der Waals surface area contributed by atoms with Crippen LogP contribution >= 0.6 is 11.8 Å². The quantitative estimate of drug-likeness (QED) is 0.875. The highest BCUT2D eigenvalue weighted by Crippen LogP contribution is 2.45. The zero-order chi connectivity index (χ0) is 18.3. The van der Waals surface area contributed by atoms with Crippen molar-refractivity contribution in [3.05, 3.63) is 41.6 Å². The number of amidine groups is 1. The second-order valence-corrected chi connectivity index (χ2v) is 7.45. The van der Waals surface area contributed by atoms with Gasteiger partial charge in [0.2, 0.25) is 11.8 Å². The van der Waals surface area contributed by atoms with E-state index in [2.05, 4.69) is 15.0 Å². The molecule has 0 aliphatic carbocycles. The Hall–Kier alpha value is -2.42. The van der Waals surface area contributed by atoms with Gasteiger partial charge in [-0.15, -0.1) is 0 Å². The Morgan fingerprint density at radius 2 is 2.23 bits per heavy atom. The average molecular weight is 374 g/mol. The van der Waals surface area contributed by atoms with Crippen LogP contribution < -0.4 is 15.4 Å². The SMILES string of the molecule is COc1nc(N2CC3CSC(N)=NC3(c3ccccn3)C2)nc(C)c1F. The molecule has 0 bridgehead atoms. The Kier molecular flexibility index (Phi) is 4.18. The number of aryl methyl sites for hydroxylation is 1. The number of thioether (sulfide) groups is 1. The fraction of sp³-hybridized carbons (Fsp3) is 0.412. The van der Waals surface area contributed by atoms with E-state index in [9.17, 15) is 4.39 Å². The Labute approximate surface area is 154 Å². The van der Waals surface area contributed by atoms with Crippen molar-refractivity contribution in [3.8, 4) is 5.88 Å². The Morgan fingerprint density at radius 3 is 2.96 bits per heavy atom. The van der Waals surface area contributed by atoms with E-state index >= 15 is 0 Å². The van der Waals surface area contributed by atoms with Gasteiger partial charge in [0.25, 0.3) is 5.88 Å². The van der Waals surface area contributed by atoms with Gasteiger partial charge >= 0.3 is 0 Å². The molecule has 2 atom stereocenters. The van der Waals surface area contributed by atoms with Gasteiger partial charge in [-0.05, 0) is 19.1 Å². The van der Waals surface area contributed by atoms with Crippen LogP contribution in [0.5, 0.6) is 5.88 Å². The van der Waals surface area contributed by atoms with E-state index < -0.39 is 11.4 Å². The Balaban J connectivity index is 1.76. The molecule has 0 amide bonds. The van der Waals surface area contributed by atoms with Crippen LogP contribution in [0, 0.1) is 18.7 Å². The largest absolute Gasteiger partial charge is 0.479 e. The molecule has 2 N–H and O–H groups in total. The molecule has 4 heterocycles. The average Bonchev–Trinajstić information content (AvgIpc) is 3.04. The van der Waals surface area contributed by atoms with E-state index in [0.29, 0.717) is 24.2 Å². The van der Waals surface area contributed by atoms with Crippen molar-refractivity contribution >= 4 is 22.9 Å². The number of pyridine rings is 1. The number of aromatic nitrogens is 3. The smallest absolute Gasteiger partial charge is 0.255 e. The summed E-state index contributed by atoms with van der Waals surface area (Å²) in [6, 6.07) is 5.80. The number of aliphatic imine (C=N–C) groups is 1. The molecule has 0 radical (unpaired) electrons. The lowest BCUT2D eigenvalue weighted by molar-refractivity contribution is 0.365. The van der Waals surface area contributed by atoms with Gasteiger partial charge in [-0.3, -0.25) is 4.98 Å². The summed E-state index contributed by atoms with van der Waals surface area (Å²) in [6.45, 7) is 2.82. The number of hydrogen-bond acceptors (Lipinski definition) is 8. The van der Waals surface area contributed by atoms with Crippen molar-refractivity contribution in [3.63, 3.8) is 0 Å². The highest BCUT2D eigenvalue weighted by molar-refractivity contribution is 8.13. The van der Waals surface area contributed by atoms with Crippen LogP contribution in [-0.4, -0.2) is 46.1 Å². The van der Waals surface area contributed by atoms with Gasteiger partial charge in [-0.2, -0.15) is 9.37 Å². The molecule has 1 fully saturated rings. The summed E-state index contributed by atoms with van der Waals surface area (Å²) in [5, 5.41) is 0.558. The number of hydrogen-bond donors (Lipinski definition) is 1. The first kappa shape index (κ1) is 17.0. The monoisotopic (exact) mass is 374 g/mol. The van der Waals surface area contributed by atoms with Crippen LogP contribution in [0.15, 0.2) is 29.4 Å². The Bertz CT molecular complexity index is 864. The number of fused-ring (bicyclic) bond motifs is 1. The number of nitrogens with zero attached hydrogens (tertiary/aromatic N) is 5. The van der Waals surface area contributed by atoms with E-state index in [1.165, 1.54) is 7.11 Å². The van der Waals surface area contributed by atoms with Gasteiger partial charge in [-0.25, -0.2) is 9.98 Å². The maximum atomic E-state index is 14.0. The molecule has 26 heavy (non-hydrogen) atoms. The third kappa shape index (κ3) is 2.66. The molecule has 4 rings (SSSR count). The number of rotatable bonds is 3. The highest BCUT2D eigenvalue weighted by Gasteiger charge is 2.51. The molecular weight excluding hydrogens is 355 g/mol. The lowest BCUT2D eigenvalue weighted by Gasteiger charge is -2.33. The minimum absolute atomic E-state index is 0.0494. The fourth-order valence-corrected chi connectivity index (χ4v) is 4.53. The molecule has 2 unspecified atom stereocenters. The summed E-state index contributed by atoms with van der Waals surface area (Å²) in [4.78, 5) is 19.9. The van der Waals surface area contributed by atoms with Crippen LogP contribution in [0.4, 0.5) is 10.3 Å². The van der Waals surface area contributed by atoms with E-state index in [1.807, 2.05) is 23.1 Å². The van der Waals surface area contributed by atoms with Crippen LogP contribution in [0.25, 0.3) is 0 Å². The molecule has 0 spiro atoms. The summed E-state index contributed by atoms with van der Waals surface area (Å²) in [5.74, 6) is 0.885. The molecule has 2 aromatic heterocycles. The number of methoxy groups -OCH3 is 1. The molecule has 7 nitrogen and oxygen atoms in total. The first-order chi connectivity index (χ1) is 12.5. The minimum atomic E-state index is -0.546. The lowest BCUT2D eigenvalue weighted by Crippen LogP contribution is -2.40. The highest BCUT2D eigenvalue weighted by atomic mass is 32.2. The van der Waals surface area contributed by atoms with Crippen molar-refractivity contribution in [1.29, 1.82) is 0 Å². The molecule has 2 aliphatic rings. The zero-order valence-corrected chi connectivity index (χ0v) is 15.3. The number of nitrogens with two attached hydrogens (primary N) is 1. The normalized spacial score (nSPS) is 25.0. The standard InChI is InChI=1S/C17H19FN6OS/c1-10-13(18)14(25-2)22-16(21-10)24-7-11-8-26-15(19)23-17(11,9-24)12-5-3-4-6-20-12/h3-6,11H,7-9H2,1-2H3,(H2,19,23). The zero-order valence-electron chi connectivity index (χ0n) is 14.5. The number of anilines is 1. The van der Waals surface area contributed by atoms with Crippen LogP contribution in [0.3, 0.4) is 0 Å². The summed E-state index contributed by atoms with van der Waals surface area (Å²) < 4.78 is 19.1. The molecule has 0 aromatic carbocycles. The summed E-state index contributed by atoms with van der Waals surface area (Å²) in [6.07, 6.45) is 1.76. The number of ether oxygens (including phenoxy) is 1. The van der Waals surface area contributed by atoms with Gasteiger partial charge in [0.05, 0.1) is 25.0 Å². The maximum absolute atomic E-state index is 14.0. The predicted molar refractivity (Wildman–Crippen MR) is 99.0 cm³/mol. The third-order valence-corrected chi connectivity index (χ3v) is 5.81. The predicted octanol–water partition coefficient (Wildman–Crippen LogP) is 1.72. The molecule has 1 saturated heterocycles. The van der Waals surface area contributed by atoms with Gasteiger partial charge in [0.15, 0.2) is 5.17 Å².